The van der Waals surface area contributed by atoms with Crippen LogP contribution in [-0.4, -0.2) is 49.2 Å². The molecule has 0 aromatic carbocycles. The van der Waals surface area contributed by atoms with Crippen LogP contribution in [0, 0.1) is 0 Å². The highest BCUT2D eigenvalue weighted by atomic mass is 16.5. The standard InChI is InChI=1S/C15H23N3O/c1-19-15-10-14(11-16-12-15)18-9-8-17-6-2-4-13(18)5-3-7-17/h10-13H,2-9H2,1H3. The third kappa shape index (κ3) is 2.84. The van der Waals surface area contributed by atoms with Gasteiger partial charge in [0.05, 0.1) is 25.2 Å². The summed E-state index contributed by atoms with van der Waals surface area (Å²) in [7, 11) is 1.70. The van der Waals surface area contributed by atoms with Gasteiger partial charge in [0.15, 0.2) is 0 Å². The Hall–Kier alpha value is -1.29. The maximum absolute atomic E-state index is 5.31. The van der Waals surface area contributed by atoms with Crippen LogP contribution >= 0.6 is 0 Å². The average molecular weight is 261 g/mol. The highest BCUT2D eigenvalue weighted by molar-refractivity contribution is 5.49. The van der Waals surface area contributed by atoms with Crippen LogP contribution in [0.2, 0.25) is 0 Å². The molecule has 0 atom stereocenters. The third-order valence-corrected chi connectivity index (χ3v) is 4.39. The number of methoxy groups -OCH3 is 1. The van der Waals surface area contributed by atoms with Crippen LogP contribution < -0.4 is 9.64 Å². The zero-order chi connectivity index (χ0) is 13.1. The summed E-state index contributed by atoms with van der Waals surface area (Å²) in [5.41, 5.74) is 1.22. The van der Waals surface area contributed by atoms with Gasteiger partial charge in [0, 0.05) is 25.2 Å². The van der Waals surface area contributed by atoms with Gasteiger partial charge >= 0.3 is 0 Å². The van der Waals surface area contributed by atoms with Gasteiger partial charge in [0.1, 0.15) is 5.75 Å². The largest absolute Gasteiger partial charge is 0.495 e. The van der Waals surface area contributed by atoms with E-state index < -0.39 is 0 Å². The minimum atomic E-state index is 0.677. The number of anilines is 1. The molecule has 4 nitrogen and oxygen atoms in total. The number of pyridine rings is 1. The summed E-state index contributed by atoms with van der Waals surface area (Å²) in [6.07, 6.45) is 8.99. The fourth-order valence-corrected chi connectivity index (χ4v) is 3.34. The van der Waals surface area contributed by atoms with Crippen molar-refractivity contribution in [3.63, 3.8) is 0 Å². The van der Waals surface area contributed by atoms with Crippen LogP contribution in [0.5, 0.6) is 5.75 Å². The molecule has 0 radical (unpaired) electrons. The predicted molar refractivity (Wildman–Crippen MR) is 76.8 cm³/mol. The van der Waals surface area contributed by atoms with Crippen LogP contribution in [-0.2, 0) is 0 Å². The van der Waals surface area contributed by atoms with E-state index in [-0.39, 0.29) is 0 Å². The lowest BCUT2D eigenvalue weighted by Gasteiger charge is -2.41. The van der Waals surface area contributed by atoms with Crippen molar-refractivity contribution in [2.24, 2.45) is 0 Å². The summed E-state index contributed by atoms with van der Waals surface area (Å²) >= 11 is 0. The molecule has 0 amide bonds. The number of nitrogens with zero attached hydrogens (tertiary/aromatic N) is 3. The maximum atomic E-state index is 5.31. The molecule has 2 bridgehead atoms. The molecule has 1 aromatic rings. The van der Waals surface area contributed by atoms with Gasteiger partial charge in [-0.1, -0.05) is 0 Å². The van der Waals surface area contributed by atoms with E-state index in [0.717, 1.165) is 12.3 Å². The molecule has 0 spiro atoms. The fraction of sp³-hybridized carbons (Fsp3) is 0.667. The second kappa shape index (κ2) is 5.78. The molecule has 3 saturated heterocycles. The number of hydrogen-bond donors (Lipinski definition) is 0. The normalized spacial score (nSPS) is 27.5. The van der Waals surface area contributed by atoms with Crippen molar-refractivity contribution in [2.75, 3.05) is 38.2 Å². The first-order valence-corrected chi connectivity index (χ1v) is 7.35. The molecule has 4 rings (SSSR count). The number of fused-ring (bicyclic) bond motifs is 6. The lowest BCUT2D eigenvalue weighted by Crippen LogP contribution is -2.47. The van der Waals surface area contributed by atoms with Crippen LogP contribution in [0.25, 0.3) is 0 Å². The topological polar surface area (TPSA) is 28.6 Å². The van der Waals surface area contributed by atoms with Gasteiger partial charge in [0.25, 0.3) is 0 Å². The molecule has 3 fully saturated rings. The molecule has 1 aromatic heterocycles. The molecular weight excluding hydrogens is 238 g/mol. The van der Waals surface area contributed by atoms with Gasteiger partial charge < -0.3 is 14.5 Å². The average Bonchev–Trinajstić information content (AvgIpc) is 2.37. The van der Waals surface area contributed by atoms with Gasteiger partial charge in [-0.3, -0.25) is 4.98 Å². The van der Waals surface area contributed by atoms with E-state index in [1.807, 2.05) is 6.20 Å². The summed E-state index contributed by atoms with van der Waals surface area (Å²) in [5.74, 6) is 0.854. The highest BCUT2D eigenvalue weighted by Crippen LogP contribution is 2.27. The number of aromatic nitrogens is 1. The summed E-state index contributed by atoms with van der Waals surface area (Å²) in [6, 6.07) is 2.80. The number of ether oxygens (including phenoxy) is 1. The van der Waals surface area contributed by atoms with E-state index in [4.69, 9.17) is 4.74 Å². The van der Waals surface area contributed by atoms with Crippen molar-refractivity contribution >= 4 is 5.69 Å². The quantitative estimate of drug-likeness (QED) is 0.815. The molecule has 0 saturated carbocycles. The Morgan fingerprint density at radius 1 is 1.11 bits per heavy atom. The first kappa shape index (κ1) is 12.7. The lowest BCUT2D eigenvalue weighted by atomic mass is 9.98. The maximum Gasteiger partial charge on any atom is 0.139 e. The molecule has 0 aliphatic carbocycles. The fourth-order valence-electron chi connectivity index (χ4n) is 3.34. The van der Waals surface area contributed by atoms with Gasteiger partial charge in [-0.15, -0.1) is 0 Å². The summed E-state index contributed by atoms with van der Waals surface area (Å²) in [5, 5.41) is 0. The zero-order valence-corrected chi connectivity index (χ0v) is 11.7. The van der Waals surface area contributed by atoms with Crippen LogP contribution in [0.15, 0.2) is 18.5 Å². The van der Waals surface area contributed by atoms with Gasteiger partial charge in [0.2, 0.25) is 0 Å². The number of rotatable bonds is 2. The Balaban J connectivity index is 1.84. The lowest BCUT2D eigenvalue weighted by molar-refractivity contribution is 0.217. The van der Waals surface area contributed by atoms with E-state index in [2.05, 4.69) is 20.9 Å². The smallest absolute Gasteiger partial charge is 0.139 e. The first-order chi connectivity index (χ1) is 9.36. The molecule has 3 aliphatic rings. The first-order valence-electron chi connectivity index (χ1n) is 7.35. The van der Waals surface area contributed by atoms with Crippen molar-refractivity contribution in [1.82, 2.24) is 9.88 Å². The minimum Gasteiger partial charge on any atom is -0.495 e. The monoisotopic (exact) mass is 261 g/mol. The van der Waals surface area contributed by atoms with E-state index >= 15 is 0 Å². The molecule has 0 unspecified atom stereocenters. The van der Waals surface area contributed by atoms with Crippen LogP contribution in [0.4, 0.5) is 5.69 Å². The third-order valence-electron chi connectivity index (χ3n) is 4.39. The molecule has 104 valence electrons. The summed E-state index contributed by atoms with van der Waals surface area (Å²) in [6.45, 7) is 4.84. The van der Waals surface area contributed by atoms with E-state index in [1.165, 1.54) is 51.0 Å². The van der Waals surface area contributed by atoms with Crippen molar-refractivity contribution < 1.29 is 4.74 Å². The highest BCUT2D eigenvalue weighted by Gasteiger charge is 2.25. The Morgan fingerprint density at radius 3 is 2.63 bits per heavy atom. The van der Waals surface area contributed by atoms with Crippen molar-refractivity contribution in [2.45, 2.75) is 31.7 Å². The number of hydrogen-bond acceptors (Lipinski definition) is 4. The van der Waals surface area contributed by atoms with Gasteiger partial charge in [-0.2, -0.15) is 0 Å². The zero-order valence-electron chi connectivity index (χ0n) is 11.7. The van der Waals surface area contributed by atoms with E-state index in [1.54, 1.807) is 13.3 Å². The summed E-state index contributed by atoms with van der Waals surface area (Å²) < 4.78 is 5.31. The molecule has 4 heterocycles. The second-order valence-electron chi connectivity index (χ2n) is 5.56. The Kier molecular flexibility index (Phi) is 3.87. The second-order valence-corrected chi connectivity index (χ2v) is 5.56. The van der Waals surface area contributed by atoms with Crippen LogP contribution in [0.3, 0.4) is 0 Å². The molecule has 19 heavy (non-hydrogen) atoms. The molecular formula is C15H23N3O. The van der Waals surface area contributed by atoms with Crippen molar-refractivity contribution in [3.05, 3.63) is 18.5 Å². The van der Waals surface area contributed by atoms with Gasteiger partial charge in [-0.25, -0.2) is 0 Å². The summed E-state index contributed by atoms with van der Waals surface area (Å²) in [4.78, 5) is 9.46. The SMILES string of the molecule is COc1cncc(N2CCN3CCCC2CCC3)c1. The Labute approximate surface area is 115 Å². The van der Waals surface area contributed by atoms with Crippen LogP contribution in [0.1, 0.15) is 25.7 Å². The Morgan fingerprint density at radius 2 is 1.89 bits per heavy atom. The van der Waals surface area contributed by atoms with Gasteiger partial charge in [-0.05, 0) is 38.8 Å². The molecule has 3 aliphatic heterocycles. The molecule has 0 N–H and O–H groups in total. The molecule has 4 heteroatoms. The predicted octanol–water partition coefficient (Wildman–Crippen LogP) is 2.15. The van der Waals surface area contributed by atoms with Crippen molar-refractivity contribution in [1.29, 1.82) is 0 Å². The van der Waals surface area contributed by atoms with E-state index in [0.29, 0.717) is 6.04 Å². The van der Waals surface area contributed by atoms with Crippen molar-refractivity contribution in [3.8, 4) is 5.75 Å². The van der Waals surface area contributed by atoms with E-state index in [9.17, 15) is 0 Å². The minimum absolute atomic E-state index is 0.677. The Bertz CT molecular complexity index is 414.